The van der Waals surface area contributed by atoms with Gasteiger partial charge in [0.2, 0.25) is 0 Å². The predicted molar refractivity (Wildman–Crippen MR) is 240 cm³/mol. The average Bonchev–Trinajstić information content (AvgIpc) is 3.90. The van der Waals surface area contributed by atoms with E-state index in [1.807, 2.05) is 0 Å². The van der Waals surface area contributed by atoms with Crippen LogP contribution < -0.4 is 4.48 Å². The molecule has 12 rings (SSSR count). The summed E-state index contributed by atoms with van der Waals surface area (Å²) in [6.07, 6.45) is 0. The lowest BCUT2D eigenvalue weighted by atomic mass is 9.67. The molecule has 1 nitrogen and oxygen atoms in total. The molecule has 0 aromatic heterocycles. The Balaban J connectivity index is 1.20. The molecule has 3 aliphatic carbocycles. The molecule has 1 heteroatoms. The van der Waals surface area contributed by atoms with Crippen molar-refractivity contribution in [3.8, 4) is 33.4 Å². The van der Waals surface area contributed by atoms with Crippen LogP contribution in [0.2, 0.25) is 0 Å². The molecule has 272 valence electrons. The first kappa shape index (κ1) is 33.1. The van der Waals surface area contributed by atoms with Crippen LogP contribution in [0.4, 0.5) is 17.1 Å². The third-order valence-corrected chi connectivity index (χ3v) is 13.7. The van der Waals surface area contributed by atoms with Crippen molar-refractivity contribution in [1.29, 1.82) is 0 Å². The van der Waals surface area contributed by atoms with Gasteiger partial charge >= 0.3 is 0 Å². The highest BCUT2D eigenvalue weighted by atomic mass is 15.3. The Morgan fingerprint density at radius 3 is 1.21 bits per heavy atom. The molecular weight excluding hydrogens is 699 g/mol. The molecule has 1 spiro atoms. The second-order valence-electron chi connectivity index (χ2n) is 16.2. The molecule has 1 unspecified atom stereocenters. The lowest BCUT2D eigenvalue weighted by Crippen LogP contribution is -2.38. The van der Waals surface area contributed by atoms with Gasteiger partial charge < -0.3 is 0 Å². The summed E-state index contributed by atoms with van der Waals surface area (Å²) in [7, 11) is 2.42. The highest BCUT2D eigenvalue weighted by Gasteiger charge is 2.56. The summed E-state index contributed by atoms with van der Waals surface area (Å²) in [4.78, 5) is 0. The van der Waals surface area contributed by atoms with Gasteiger partial charge in [0.15, 0.2) is 0 Å². The number of para-hydroxylation sites is 1. The van der Waals surface area contributed by atoms with Crippen molar-refractivity contribution in [2.75, 3.05) is 7.05 Å². The van der Waals surface area contributed by atoms with Gasteiger partial charge in [0.25, 0.3) is 0 Å². The minimum atomic E-state index is -0.509. The second-order valence-corrected chi connectivity index (χ2v) is 16.2. The van der Waals surface area contributed by atoms with E-state index in [1.165, 1.54) is 95.0 Å². The minimum Gasteiger partial charge on any atom is -0.229 e. The lowest BCUT2D eigenvalue weighted by molar-refractivity contribution is 0.609. The highest BCUT2D eigenvalue weighted by molar-refractivity contribution is 5.99. The lowest BCUT2D eigenvalue weighted by Gasteiger charge is -2.40. The summed E-state index contributed by atoms with van der Waals surface area (Å²) in [6.45, 7) is 0. The molecule has 1 atom stereocenters. The molecule has 9 aromatic carbocycles. The smallest absolute Gasteiger partial charge is 0.148 e. The van der Waals surface area contributed by atoms with Gasteiger partial charge in [-0.15, -0.1) is 0 Å². The van der Waals surface area contributed by atoms with Gasteiger partial charge in [-0.05, 0) is 90.5 Å². The standard InChI is InChI=1S/C57H40N/c1-58(41-24-9-4-10-25-41,42-36-37-47-45-28-11-15-31-49(45)56(53(47)38-42,39-20-5-2-6-21-39)40-22-7-3-8-23-40)54-35-19-30-48-46-29-14-18-34-52(46)57(55(48)54)50-32-16-12-26-43(50)44-27-13-17-33-51(44)57/h2-38H,1H3/q+1. The van der Waals surface area contributed by atoms with Crippen LogP contribution >= 0.6 is 0 Å². The minimum absolute atomic E-state index is 0.480. The van der Waals surface area contributed by atoms with Crippen LogP contribution in [0.3, 0.4) is 0 Å². The number of quaternary nitrogens is 1. The number of fused-ring (bicyclic) bond motifs is 13. The highest BCUT2D eigenvalue weighted by Crippen LogP contribution is 2.66. The molecule has 58 heavy (non-hydrogen) atoms. The number of rotatable bonds is 5. The van der Waals surface area contributed by atoms with Crippen molar-refractivity contribution in [3.63, 3.8) is 0 Å². The van der Waals surface area contributed by atoms with E-state index in [-0.39, 0.29) is 0 Å². The van der Waals surface area contributed by atoms with Crippen LogP contribution in [0.15, 0.2) is 224 Å². The van der Waals surface area contributed by atoms with Gasteiger partial charge in [-0.3, -0.25) is 0 Å². The Labute approximate surface area is 340 Å². The van der Waals surface area contributed by atoms with Crippen LogP contribution in [0, 0.1) is 0 Å². The molecule has 0 radical (unpaired) electrons. The van der Waals surface area contributed by atoms with Crippen LogP contribution in [0.5, 0.6) is 0 Å². The van der Waals surface area contributed by atoms with Crippen molar-refractivity contribution in [1.82, 2.24) is 4.48 Å². The zero-order chi connectivity index (χ0) is 38.5. The summed E-state index contributed by atoms with van der Waals surface area (Å²) in [5, 5.41) is 0. The van der Waals surface area contributed by atoms with E-state index >= 15 is 0 Å². The molecule has 0 saturated heterocycles. The van der Waals surface area contributed by atoms with Crippen molar-refractivity contribution in [2.24, 2.45) is 0 Å². The van der Waals surface area contributed by atoms with Crippen molar-refractivity contribution in [2.45, 2.75) is 10.8 Å². The van der Waals surface area contributed by atoms with Crippen LogP contribution in [0.1, 0.15) is 44.5 Å². The topological polar surface area (TPSA) is 0 Å². The van der Waals surface area contributed by atoms with Crippen molar-refractivity contribution in [3.05, 3.63) is 269 Å². The summed E-state index contributed by atoms with van der Waals surface area (Å²) in [5.74, 6) is 0. The van der Waals surface area contributed by atoms with E-state index in [2.05, 4.69) is 232 Å². The van der Waals surface area contributed by atoms with E-state index in [4.69, 9.17) is 0 Å². The first-order valence-corrected chi connectivity index (χ1v) is 20.4. The van der Waals surface area contributed by atoms with Gasteiger partial charge in [0.05, 0.1) is 17.9 Å². The van der Waals surface area contributed by atoms with Gasteiger partial charge in [-0.1, -0.05) is 188 Å². The summed E-state index contributed by atoms with van der Waals surface area (Å²) in [6, 6.07) is 84.3. The van der Waals surface area contributed by atoms with E-state index in [9.17, 15) is 0 Å². The molecule has 0 N–H and O–H groups in total. The third kappa shape index (κ3) is 4.08. The molecule has 0 saturated carbocycles. The fourth-order valence-corrected chi connectivity index (χ4v) is 11.4. The number of benzene rings is 9. The molecule has 0 heterocycles. The molecule has 3 aliphatic rings. The second kappa shape index (κ2) is 12.2. The quantitative estimate of drug-likeness (QED) is 0.154. The Hall–Kier alpha value is -7.06. The molecule has 0 amide bonds. The van der Waals surface area contributed by atoms with Crippen LogP contribution in [-0.4, -0.2) is 7.05 Å². The van der Waals surface area contributed by atoms with Crippen LogP contribution in [-0.2, 0) is 10.8 Å². The maximum atomic E-state index is 2.55. The predicted octanol–water partition coefficient (Wildman–Crippen LogP) is 14.0. The van der Waals surface area contributed by atoms with E-state index < -0.39 is 10.8 Å². The summed E-state index contributed by atoms with van der Waals surface area (Å²) in [5.41, 5.74) is 21.1. The average molecular weight is 739 g/mol. The monoisotopic (exact) mass is 738 g/mol. The Bertz CT molecular complexity index is 2970. The Morgan fingerprint density at radius 1 is 0.293 bits per heavy atom. The van der Waals surface area contributed by atoms with Gasteiger partial charge in [0.1, 0.15) is 17.1 Å². The fourth-order valence-electron chi connectivity index (χ4n) is 11.4. The first-order valence-electron chi connectivity index (χ1n) is 20.4. The van der Waals surface area contributed by atoms with E-state index in [0.717, 1.165) is 0 Å². The molecule has 9 aromatic rings. The maximum absolute atomic E-state index is 2.55. The zero-order valence-electron chi connectivity index (χ0n) is 32.3. The van der Waals surface area contributed by atoms with Gasteiger partial charge in [-0.25, -0.2) is 4.48 Å². The van der Waals surface area contributed by atoms with Crippen molar-refractivity contribution < 1.29 is 0 Å². The van der Waals surface area contributed by atoms with E-state index in [0.29, 0.717) is 4.48 Å². The Morgan fingerprint density at radius 2 is 0.690 bits per heavy atom. The Kier molecular flexibility index (Phi) is 6.98. The van der Waals surface area contributed by atoms with Crippen LogP contribution in [0.25, 0.3) is 33.4 Å². The number of hydrogen-bond donors (Lipinski definition) is 0. The summed E-state index contributed by atoms with van der Waals surface area (Å²) >= 11 is 0. The molecule has 0 bridgehead atoms. The molecule has 0 fully saturated rings. The summed E-state index contributed by atoms with van der Waals surface area (Å²) < 4.78 is 0.480. The third-order valence-electron chi connectivity index (χ3n) is 13.7. The van der Waals surface area contributed by atoms with Crippen molar-refractivity contribution >= 4 is 17.1 Å². The number of nitrogens with zero attached hydrogens (tertiary/aromatic N) is 1. The van der Waals surface area contributed by atoms with Gasteiger partial charge in [0, 0.05) is 23.8 Å². The molecular formula is C57H40N+. The van der Waals surface area contributed by atoms with Gasteiger partial charge in [-0.2, -0.15) is 0 Å². The first-order chi connectivity index (χ1) is 28.7. The number of hydrogen-bond acceptors (Lipinski definition) is 0. The largest absolute Gasteiger partial charge is 0.229 e. The zero-order valence-corrected chi connectivity index (χ0v) is 32.3. The normalized spacial score (nSPS) is 15.4. The SMILES string of the molecule is C[N+](c1ccccc1)(c1ccc2c(c1)C(c1ccccc1)(c1ccccc1)c1ccccc1-2)c1cccc2c1C1(c3ccccc3-c3ccccc31)c1ccccc1-2. The molecule has 0 aliphatic heterocycles. The fraction of sp³-hybridized carbons (Fsp3) is 0.0526. The maximum Gasteiger partial charge on any atom is 0.148 e. The van der Waals surface area contributed by atoms with E-state index in [1.54, 1.807) is 0 Å².